The number of aromatic nitrogens is 3. The Morgan fingerprint density at radius 1 is 1.03 bits per heavy atom. The third-order valence-electron chi connectivity index (χ3n) is 5.51. The summed E-state index contributed by atoms with van der Waals surface area (Å²) in [6.45, 7) is 1.94. The van der Waals surface area contributed by atoms with E-state index in [9.17, 15) is 4.79 Å². The Kier molecular flexibility index (Phi) is 6.29. The van der Waals surface area contributed by atoms with E-state index in [2.05, 4.69) is 15.6 Å². The number of halogens is 4. The Balaban J connectivity index is 1.63. The molecule has 34 heavy (non-hydrogen) atoms. The third kappa shape index (κ3) is 4.18. The molecule has 0 saturated carbocycles. The number of benzene rings is 3. The van der Waals surface area contributed by atoms with Crippen molar-refractivity contribution in [3.05, 3.63) is 98.2 Å². The number of thioether (sulfide) groups is 1. The summed E-state index contributed by atoms with van der Waals surface area (Å²) in [6, 6.07) is 15.9. The second kappa shape index (κ2) is 9.23. The molecule has 5 rings (SSSR count). The van der Waals surface area contributed by atoms with Gasteiger partial charge in [-0.2, -0.15) is 0 Å². The summed E-state index contributed by atoms with van der Waals surface area (Å²) in [5.74, 6) is -0.292. The Morgan fingerprint density at radius 3 is 2.50 bits per heavy atom. The number of carbonyl (C=O) groups is 1. The van der Waals surface area contributed by atoms with Gasteiger partial charge in [0.2, 0.25) is 5.16 Å². The molecule has 0 bridgehead atoms. The van der Waals surface area contributed by atoms with Crippen molar-refractivity contribution in [2.24, 2.45) is 0 Å². The number of aryl methyl sites for hydroxylation is 1. The molecule has 1 aromatic heterocycles. The zero-order valence-electron chi connectivity index (χ0n) is 17.6. The number of hydrogen-bond acceptors (Lipinski definition) is 5. The molecule has 0 fully saturated rings. The van der Waals surface area contributed by atoms with Crippen molar-refractivity contribution < 1.29 is 9.18 Å². The molecule has 1 N–H and O–H groups in total. The van der Waals surface area contributed by atoms with E-state index in [1.165, 1.54) is 23.9 Å². The van der Waals surface area contributed by atoms with Gasteiger partial charge in [0.05, 0.1) is 11.1 Å². The van der Waals surface area contributed by atoms with Crippen molar-refractivity contribution in [1.82, 2.24) is 14.9 Å². The van der Waals surface area contributed by atoms with Crippen LogP contribution in [0.2, 0.25) is 15.1 Å². The maximum atomic E-state index is 15.0. The summed E-state index contributed by atoms with van der Waals surface area (Å²) in [5.41, 5.74) is 5.54. The van der Waals surface area contributed by atoms with Gasteiger partial charge in [0.25, 0.3) is 0 Å². The highest BCUT2D eigenvalue weighted by atomic mass is 35.5. The Bertz CT molecular complexity index is 1390. The van der Waals surface area contributed by atoms with E-state index in [0.717, 1.165) is 5.56 Å². The topological polar surface area (TPSA) is 59.8 Å². The molecule has 0 saturated heterocycles. The van der Waals surface area contributed by atoms with E-state index in [1.807, 2.05) is 19.1 Å². The number of carbonyl (C=O) groups excluding carboxylic acids is 1. The molecule has 3 aromatic carbocycles. The molecule has 0 spiro atoms. The first-order valence-corrected chi connectivity index (χ1v) is 12.2. The average Bonchev–Trinajstić information content (AvgIpc) is 3.21. The summed E-state index contributed by atoms with van der Waals surface area (Å²) in [7, 11) is 0. The van der Waals surface area contributed by atoms with Crippen molar-refractivity contribution in [3.63, 3.8) is 0 Å². The van der Waals surface area contributed by atoms with Crippen LogP contribution < -0.4 is 5.43 Å². The fraction of sp³-hybridized carbons (Fsp3) is 0.125. The molecule has 5 nitrogen and oxygen atoms in total. The van der Waals surface area contributed by atoms with Gasteiger partial charge < -0.3 is 5.43 Å². The van der Waals surface area contributed by atoms with Crippen LogP contribution >= 0.6 is 46.6 Å². The third-order valence-corrected chi connectivity index (χ3v) is 7.61. The first-order chi connectivity index (χ1) is 16.3. The number of fused-ring (bicyclic) bond motifs is 1. The zero-order chi connectivity index (χ0) is 24.0. The van der Waals surface area contributed by atoms with Crippen LogP contribution in [0.1, 0.15) is 27.5 Å². The zero-order valence-corrected chi connectivity index (χ0v) is 20.7. The van der Waals surface area contributed by atoms with E-state index in [4.69, 9.17) is 34.8 Å². The minimum absolute atomic E-state index is 0.179. The van der Waals surface area contributed by atoms with Crippen LogP contribution in [0, 0.1) is 12.7 Å². The smallest absolute Gasteiger partial charge is 0.211 e. The van der Waals surface area contributed by atoms with E-state index >= 15 is 4.39 Å². The van der Waals surface area contributed by atoms with Gasteiger partial charge in [-0.05, 0) is 37.3 Å². The molecular weight excluding hydrogens is 518 g/mol. The van der Waals surface area contributed by atoms with Crippen molar-refractivity contribution in [2.45, 2.75) is 23.4 Å². The van der Waals surface area contributed by atoms with Crippen molar-refractivity contribution in [1.29, 1.82) is 0 Å². The van der Waals surface area contributed by atoms with Crippen LogP contribution in [-0.2, 0) is 0 Å². The van der Waals surface area contributed by atoms with Crippen LogP contribution in [0.15, 0.2) is 65.8 Å². The van der Waals surface area contributed by atoms with Crippen LogP contribution in [0.25, 0.3) is 11.4 Å². The summed E-state index contributed by atoms with van der Waals surface area (Å²) >= 11 is 20.1. The van der Waals surface area contributed by atoms with E-state index in [1.54, 1.807) is 41.1 Å². The van der Waals surface area contributed by atoms with Crippen molar-refractivity contribution >= 4 is 52.3 Å². The summed E-state index contributed by atoms with van der Waals surface area (Å²) in [4.78, 5) is 13.6. The molecule has 1 aliphatic heterocycles. The quantitative estimate of drug-likeness (QED) is 0.286. The highest BCUT2D eigenvalue weighted by Crippen LogP contribution is 2.43. The van der Waals surface area contributed by atoms with Crippen LogP contribution in [0.4, 0.5) is 4.39 Å². The molecule has 2 heterocycles. The summed E-state index contributed by atoms with van der Waals surface area (Å²) < 4.78 is 16.6. The van der Waals surface area contributed by atoms with Gasteiger partial charge in [-0.1, -0.05) is 82.5 Å². The monoisotopic (exact) mass is 532 g/mol. The van der Waals surface area contributed by atoms with Gasteiger partial charge in [-0.15, -0.1) is 10.2 Å². The highest BCUT2D eigenvalue weighted by Gasteiger charge is 2.40. The molecule has 0 radical (unpaired) electrons. The number of Topliss-reactive ketones (excluding diaryl/α,β-unsaturated/α-hetero) is 1. The second-order valence-corrected chi connectivity index (χ2v) is 10.1. The molecule has 1 aliphatic rings. The number of hydrogen-bond donors (Lipinski definition) is 1. The van der Waals surface area contributed by atoms with Gasteiger partial charge in [0.1, 0.15) is 11.1 Å². The normalized spacial score (nSPS) is 17.2. The van der Waals surface area contributed by atoms with Crippen LogP contribution in [0.3, 0.4) is 0 Å². The molecule has 4 aromatic rings. The lowest BCUT2D eigenvalue weighted by Crippen LogP contribution is -2.39. The Labute approximate surface area is 214 Å². The fourth-order valence-electron chi connectivity index (χ4n) is 3.81. The summed E-state index contributed by atoms with van der Waals surface area (Å²) in [5, 5.41) is 9.29. The maximum Gasteiger partial charge on any atom is 0.211 e. The minimum atomic E-state index is -0.805. The molecule has 0 aliphatic carbocycles. The first-order valence-electron chi connectivity index (χ1n) is 10.2. The molecule has 10 heteroatoms. The first kappa shape index (κ1) is 23.2. The van der Waals surface area contributed by atoms with Gasteiger partial charge in [0, 0.05) is 26.7 Å². The predicted octanol–water partition coefficient (Wildman–Crippen LogP) is 6.99. The largest absolute Gasteiger partial charge is 0.313 e. The molecule has 0 amide bonds. The average molecular weight is 534 g/mol. The standard InChI is InChI=1S/C24H16Cl3FN4OS/c1-12-5-7-13(8-6-12)21(33)22-20(19-16(26)3-2-4-18(19)28)31-32-23(29-30-24(32)34-22)15-10-9-14(25)11-17(15)27/h2-11,20,22,31H,1H3/t20-,22+/m0/s1. The van der Waals surface area contributed by atoms with E-state index in [-0.39, 0.29) is 16.4 Å². The lowest BCUT2D eigenvalue weighted by atomic mass is 9.96. The maximum absolute atomic E-state index is 15.0. The fourth-order valence-corrected chi connectivity index (χ4v) is 5.72. The lowest BCUT2D eigenvalue weighted by Gasteiger charge is -2.33. The van der Waals surface area contributed by atoms with Crippen LogP contribution in [-0.4, -0.2) is 25.9 Å². The number of rotatable bonds is 4. The molecule has 172 valence electrons. The minimum Gasteiger partial charge on any atom is -0.313 e. The van der Waals surface area contributed by atoms with Crippen LogP contribution in [0.5, 0.6) is 0 Å². The van der Waals surface area contributed by atoms with Gasteiger partial charge in [-0.3, -0.25) is 4.79 Å². The Hall–Kier alpha value is -2.58. The second-order valence-electron chi connectivity index (χ2n) is 7.78. The lowest BCUT2D eigenvalue weighted by molar-refractivity contribution is 0.0980. The number of nitrogens with one attached hydrogen (secondary N) is 1. The molecule has 0 unspecified atom stereocenters. The van der Waals surface area contributed by atoms with Crippen molar-refractivity contribution in [2.75, 3.05) is 5.43 Å². The number of nitrogens with zero attached hydrogens (tertiary/aromatic N) is 3. The Morgan fingerprint density at radius 2 is 1.79 bits per heavy atom. The predicted molar refractivity (Wildman–Crippen MR) is 134 cm³/mol. The highest BCUT2D eigenvalue weighted by molar-refractivity contribution is 8.00. The summed E-state index contributed by atoms with van der Waals surface area (Å²) in [6.07, 6.45) is 0. The van der Waals surface area contributed by atoms with Gasteiger partial charge >= 0.3 is 0 Å². The molecule has 2 atom stereocenters. The van der Waals surface area contributed by atoms with Gasteiger partial charge in [0.15, 0.2) is 11.6 Å². The van der Waals surface area contributed by atoms with E-state index in [0.29, 0.717) is 32.2 Å². The van der Waals surface area contributed by atoms with Crippen molar-refractivity contribution in [3.8, 4) is 11.4 Å². The van der Waals surface area contributed by atoms with Gasteiger partial charge in [-0.25, -0.2) is 9.07 Å². The van der Waals surface area contributed by atoms with E-state index < -0.39 is 17.1 Å². The SMILES string of the molecule is Cc1ccc(C(=O)[C@@H]2Sc3nnc(-c4ccc(Cl)cc4Cl)n3N[C@H]2c2c(F)cccc2Cl)cc1. The molecular formula is C24H16Cl3FN4OS. The number of ketones is 1.